The van der Waals surface area contributed by atoms with Crippen LogP contribution in [0.5, 0.6) is 0 Å². The zero-order valence-corrected chi connectivity index (χ0v) is 12.0. The second kappa shape index (κ2) is 7.05. The van der Waals surface area contributed by atoms with Gasteiger partial charge in [-0.2, -0.15) is 10.5 Å². The third-order valence-corrected chi connectivity index (χ3v) is 3.09. The quantitative estimate of drug-likeness (QED) is 0.788. The zero-order valence-electron chi connectivity index (χ0n) is 12.0. The van der Waals surface area contributed by atoms with Crippen LogP contribution in [0.15, 0.2) is 30.5 Å². The Hall–Kier alpha value is -2.88. The van der Waals surface area contributed by atoms with Crippen molar-refractivity contribution in [2.75, 3.05) is 23.3 Å². The van der Waals surface area contributed by atoms with Gasteiger partial charge in [-0.25, -0.2) is 0 Å². The molecule has 0 spiro atoms. The molecule has 1 heterocycles. The molecule has 0 saturated heterocycles. The molecular formula is C14H17N7. The normalized spacial score (nSPS) is 11.0. The molecule has 7 heteroatoms. The van der Waals surface area contributed by atoms with Crippen LogP contribution >= 0.6 is 0 Å². The molecule has 1 aromatic carbocycles. The zero-order chi connectivity index (χ0) is 15.1. The van der Waals surface area contributed by atoms with Crippen LogP contribution in [0.1, 0.15) is 19.7 Å². The number of tetrazole rings is 1. The van der Waals surface area contributed by atoms with Crippen molar-refractivity contribution in [3.05, 3.63) is 36.3 Å². The molecule has 2 rings (SSSR count). The Labute approximate surface area is 123 Å². The Morgan fingerprint density at radius 2 is 2.05 bits per heavy atom. The summed E-state index contributed by atoms with van der Waals surface area (Å²) in [5, 5.41) is 25.4. The molecule has 0 amide bonds. The van der Waals surface area contributed by atoms with Gasteiger partial charge < -0.3 is 10.2 Å². The fourth-order valence-corrected chi connectivity index (χ4v) is 1.94. The highest BCUT2D eigenvalue weighted by Gasteiger charge is 2.05. The molecule has 0 radical (unpaired) electrons. The third-order valence-electron chi connectivity index (χ3n) is 3.09. The van der Waals surface area contributed by atoms with Crippen LogP contribution in [-0.2, 0) is 0 Å². The predicted molar refractivity (Wildman–Crippen MR) is 81.4 cm³/mol. The Kier molecular flexibility index (Phi) is 4.88. The van der Waals surface area contributed by atoms with E-state index >= 15 is 0 Å². The summed E-state index contributed by atoms with van der Waals surface area (Å²) in [5.41, 5.74) is 2.38. The van der Waals surface area contributed by atoms with Crippen molar-refractivity contribution < 1.29 is 0 Å². The van der Waals surface area contributed by atoms with Gasteiger partial charge in [-0.15, -0.1) is 10.2 Å². The first-order chi connectivity index (χ1) is 10.3. The first-order valence-corrected chi connectivity index (χ1v) is 6.74. The Morgan fingerprint density at radius 1 is 1.33 bits per heavy atom. The maximum atomic E-state index is 9.07. The van der Waals surface area contributed by atoms with Gasteiger partial charge in [0.25, 0.3) is 0 Å². The van der Waals surface area contributed by atoms with Gasteiger partial charge in [0, 0.05) is 30.7 Å². The number of allylic oxidation sites excluding steroid dienone is 1. The number of anilines is 2. The minimum absolute atomic E-state index is 0.268. The van der Waals surface area contributed by atoms with Crippen LogP contribution in [0.4, 0.5) is 11.4 Å². The van der Waals surface area contributed by atoms with E-state index in [-0.39, 0.29) is 5.82 Å². The summed E-state index contributed by atoms with van der Waals surface area (Å²) in [6, 6.07) is 10.1. The van der Waals surface area contributed by atoms with Crippen LogP contribution in [0.25, 0.3) is 5.57 Å². The fraction of sp³-hybridized carbons (Fsp3) is 0.286. The van der Waals surface area contributed by atoms with Crippen LogP contribution in [0.2, 0.25) is 0 Å². The summed E-state index contributed by atoms with van der Waals surface area (Å²) in [7, 11) is 0. The van der Waals surface area contributed by atoms with E-state index in [2.05, 4.69) is 44.7 Å². The molecule has 0 fully saturated rings. The topological polar surface area (TPSA) is 93.5 Å². The molecule has 0 aliphatic carbocycles. The summed E-state index contributed by atoms with van der Waals surface area (Å²) in [6.07, 6.45) is 1.57. The molecular weight excluding hydrogens is 266 g/mol. The molecule has 2 N–H and O–H groups in total. The standard InChI is InChI=1S/C14H17N7/c1-3-21(4-2)13-7-5-12(6-8-13)16-10-11(9-15)14-17-19-20-18-14/h5-8,10,16H,3-4H2,1-2H3,(H,17,18,19,20). The van der Waals surface area contributed by atoms with Gasteiger partial charge in [-0.05, 0) is 43.3 Å². The number of H-pyrrole nitrogens is 1. The van der Waals surface area contributed by atoms with Gasteiger partial charge in [0.05, 0.1) is 0 Å². The van der Waals surface area contributed by atoms with E-state index in [1.165, 1.54) is 5.69 Å². The van der Waals surface area contributed by atoms with Crippen LogP contribution in [0, 0.1) is 11.3 Å². The van der Waals surface area contributed by atoms with E-state index < -0.39 is 0 Å². The van der Waals surface area contributed by atoms with Gasteiger partial charge in [0.1, 0.15) is 11.6 Å². The van der Waals surface area contributed by atoms with Crippen molar-refractivity contribution in [2.45, 2.75) is 13.8 Å². The van der Waals surface area contributed by atoms with Crippen LogP contribution in [-0.4, -0.2) is 33.7 Å². The molecule has 7 nitrogen and oxygen atoms in total. The maximum Gasteiger partial charge on any atom is 0.216 e. The minimum Gasteiger partial charge on any atom is -0.372 e. The molecule has 108 valence electrons. The van der Waals surface area contributed by atoms with E-state index in [0.29, 0.717) is 5.57 Å². The Balaban J connectivity index is 2.08. The number of hydrogen-bond donors (Lipinski definition) is 2. The first-order valence-electron chi connectivity index (χ1n) is 6.74. The van der Waals surface area contributed by atoms with Crippen molar-refractivity contribution in [1.82, 2.24) is 20.6 Å². The van der Waals surface area contributed by atoms with E-state index in [4.69, 9.17) is 5.26 Å². The molecule has 0 unspecified atom stereocenters. The number of hydrogen-bond acceptors (Lipinski definition) is 6. The Bertz CT molecular complexity index is 618. The lowest BCUT2D eigenvalue weighted by Crippen LogP contribution is -2.21. The molecule has 0 atom stereocenters. The minimum atomic E-state index is 0.268. The first kappa shape index (κ1) is 14.5. The van der Waals surface area contributed by atoms with Crippen LogP contribution in [0.3, 0.4) is 0 Å². The van der Waals surface area contributed by atoms with Crippen molar-refractivity contribution in [1.29, 1.82) is 5.26 Å². The molecule has 2 aromatic rings. The number of aromatic amines is 1. The van der Waals surface area contributed by atoms with Crippen molar-refractivity contribution in [3.63, 3.8) is 0 Å². The Morgan fingerprint density at radius 3 is 2.57 bits per heavy atom. The number of nitriles is 1. The lowest BCUT2D eigenvalue weighted by Gasteiger charge is -2.21. The highest BCUT2D eigenvalue weighted by molar-refractivity contribution is 5.74. The van der Waals surface area contributed by atoms with E-state index in [1.807, 2.05) is 30.3 Å². The highest BCUT2D eigenvalue weighted by atomic mass is 15.5. The van der Waals surface area contributed by atoms with E-state index in [0.717, 1.165) is 18.8 Å². The van der Waals surface area contributed by atoms with Gasteiger partial charge in [-0.3, -0.25) is 0 Å². The van der Waals surface area contributed by atoms with Crippen molar-refractivity contribution in [2.24, 2.45) is 0 Å². The highest BCUT2D eigenvalue weighted by Crippen LogP contribution is 2.18. The maximum absolute atomic E-state index is 9.07. The molecule has 0 aliphatic rings. The fourth-order valence-electron chi connectivity index (χ4n) is 1.94. The molecule has 1 aromatic heterocycles. The largest absolute Gasteiger partial charge is 0.372 e. The number of benzene rings is 1. The van der Waals surface area contributed by atoms with Gasteiger partial charge in [0.15, 0.2) is 0 Å². The lowest BCUT2D eigenvalue weighted by molar-refractivity contribution is 0.866. The summed E-state index contributed by atoms with van der Waals surface area (Å²) >= 11 is 0. The summed E-state index contributed by atoms with van der Waals surface area (Å²) in [6.45, 7) is 6.20. The van der Waals surface area contributed by atoms with Gasteiger partial charge in [0.2, 0.25) is 5.82 Å². The summed E-state index contributed by atoms with van der Waals surface area (Å²) < 4.78 is 0. The molecule has 0 saturated carbocycles. The third kappa shape index (κ3) is 3.57. The van der Waals surface area contributed by atoms with E-state index in [1.54, 1.807) is 6.20 Å². The second-order valence-electron chi connectivity index (χ2n) is 4.27. The number of nitrogens with one attached hydrogen (secondary N) is 2. The predicted octanol–water partition coefficient (Wildman–Crippen LogP) is 2.02. The van der Waals surface area contributed by atoms with E-state index in [9.17, 15) is 0 Å². The number of aromatic nitrogens is 4. The van der Waals surface area contributed by atoms with Crippen molar-refractivity contribution in [3.8, 4) is 6.07 Å². The summed E-state index contributed by atoms with van der Waals surface area (Å²) in [5.74, 6) is 0.268. The molecule has 0 aliphatic heterocycles. The van der Waals surface area contributed by atoms with Crippen LogP contribution < -0.4 is 10.2 Å². The summed E-state index contributed by atoms with van der Waals surface area (Å²) in [4.78, 5) is 2.26. The van der Waals surface area contributed by atoms with Gasteiger partial charge in [-0.1, -0.05) is 0 Å². The average Bonchev–Trinajstić information content (AvgIpc) is 3.05. The molecule has 21 heavy (non-hydrogen) atoms. The average molecular weight is 283 g/mol. The van der Waals surface area contributed by atoms with Crippen molar-refractivity contribution >= 4 is 16.9 Å². The number of rotatable bonds is 6. The second-order valence-corrected chi connectivity index (χ2v) is 4.27. The smallest absolute Gasteiger partial charge is 0.216 e. The molecule has 0 bridgehead atoms. The number of nitrogens with zero attached hydrogens (tertiary/aromatic N) is 5. The SMILES string of the molecule is CCN(CC)c1ccc(NC=C(C#N)c2nn[nH]n2)cc1. The lowest BCUT2D eigenvalue weighted by atomic mass is 10.2. The van der Waals surface area contributed by atoms with Gasteiger partial charge >= 0.3 is 0 Å². The monoisotopic (exact) mass is 283 g/mol.